The summed E-state index contributed by atoms with van der Waals surface area (Å²) >= 11 is 6.56. The number of hydrogen-bond acceptors (Lipinski definition) is 4. The van der Waals surface area contributed by atoms with E-state index in [4.69, 9.17) is 0 Å². The molecule has 0 atom stereocenters. The zero-order valence-corrected chi connectivity index (χ0v) is 14.5. The standard InChI is InChI=1S/2C8H5BrN2/c9-8-6-3-1-2-4-7(6)10-5-11-8;9-8-10-5-6-3-1-2-4-7(6)11-8/h2*1-5H. The highest BCUT2D eigenvalue weighted by Crippen LogP contribution is 2.18. The Morgan fingerprint density at radius 2 is 1.45 bits per heavy atom. The molecule has 2 heterocycles. The van der Waals surface area contributed by atoms with Crippen LogP contribution in [0.3, 0.4) is 0 Å². The van der Waals surface area contributed by atoms with Gasteiger partial charge in [0.1, 0.15) is 10.9 Å². The summed E-state index contributed by atoms with van der Waals surface area (Å²) in [4.78, 5) is 16.3. The molecule has 0 saturated carbocycles. The van der Waals surface area contributed by atoms with Gasteiger partial charge in [0.25, 0.3) is 0 Å². The van der Waals surface area contributed by atoms with Crippen LogP contribution in [0.4, 0.5) is 0 Å². The van der Waals surface area contributed by atoms with Crippen LogP contribution in [0, 0.1) is 0 Å². The Kier molecular flexibility index (Phi) is 4.70. The van der Waals surface area contributed by atoms with E-state index in [2.05, 4.69) is 51.8 Å². The van der Waals surface area contributed by atoms with Gasteiger partial charge in [0.2, 0.25) is 0 Å². The van der Waals surface area contributed by atoms with E-state index in [1.54, 1.807) is 12.5 Å². The second-order valence-corrected chi connectivity index (χ2v) is 5.84. The third-order valence-electron chi connectivity index (χ3n) is 2.95. The molecule has 22 heavy (non-hydrogen) atoms. The smallest absolute Gasteiger partial charge is 0.197 e. The van der Waals surface area contributed by atoms with Crippen LogP contribution < -0.4 is 0 Å². The fourth-order valence-corrected chi connectivity index (χ4v) is 2.64. The minimum Gasteiger partial charge on any atom is -0.236 e. The molecule has 4 aromatic rings. The molecule has 0 amide bonds. The van der Waals surface area contributed by atoms with E-state index in [1.165, 1.54) is 0 Å². The molecule has 0 saturated heterocycles. The Balaban J connectivity index is 0.000000131. The average molecular weight is 418 g/mol. The molecule has 0 aliphatic heterocycles. The molecule has 0 aliphatic rings. The second-order valence-electron chi connectivity index (χ2n) is 4.38. The number of benzene rings is 2. The van der Waals surface area contributed by atoms with Crippen molar-refractivity contribution in [1.29, 1.82) is 0 Å². The van der Waals surface area contributed by atoms with Gasteiger partial charge in [-0.05, 0) is 44.0 Å². The molecular formula is C16H10Br2N4. The summed E-state index contributed by atoms with van der Waals surface area (Å²) in [5, 5.41) is 2.12. The highest BCUT2D eigenvalue weighted by atomic mass is 79.9. The second kappa shape index (κ2) is 6.89. The summed E-state index contributed by atoms with van der Waals surface area (Å²) in [6, 6.07) is 15.8. The van der Waals surface area contributed by atoms with E-state index in [1.807, 2.05) is 48.5 Å². The Bertz CT molecular complexity index is 916. The van der Waals surface area contributed by atoms with Crippen LogP contribution in [-0.4, -0.2) is 19.9 Å². The number of hydrogen-bond donors (Lipinski definition) is 0. The van der Waals surface area contributed by atoms with Gasteiger partial charge in [-0.2, -0.15) is 0 Å². The number of rotatable bonds is 0. The minimum absolute atomic E-state index is 0.635. The normalized spacial score (nSPS) is 10.3. The topological polar surface area (TPSA) is 51.6 Å². The first kappa shape index (κ1) is 15.0. The molecule has 0 aliphatic carbocycles. The van der Waals surface area contributed by atoms with Crippen LogP contribution in [0.1, 0.15) is 0 Å². The van der Waals surface area contributed by atoms with E-state index < -0.39 is 0 Å². The maximum absolute atomic E-state index is 4.18. The largest absolute Gasteiger partial charge is 0.236 e. The number of halogens is 2. The summed E-state index contributed by atoms with van der Waals surface area (Å²) in [5.41, 5.74) is 1.93. The van der Waals surface area contributed by atoms with Crippen molar-refractivity contribution in [3.8, 4) is 0 Å². The van der Waals surface area contributed by atoms with Crippen LogP contribution >= 0.6 is 31.9 Å². The monoisotopic (exact) mass is 416 g/mol. The molecule has 4 nitrogen and oxygen atoms in total. The lowest BCUT2D eigenvalue weighted by atomic mass is 10.2. The first-order valence-corrected chi connectivity index (χ1v) is 8.05. The van der Waals surface area contributed by atoms with E-state index in [-0.39, 0.29) is 0 Å². The van der Waals surface area contributed by atoms with Gasteiger partial charge in [0.15, 0.2) is 4.73 Å². The van der Waals surface area contributed by atoms with E-state index in [0.29, 0.717) is 4.73 Å². The summed E-state index contributed by atoms with van der Waals surface area (Å²) in [6.45, 7) is 0. The van der Waals surface area contributed by atoms with Gasteiger partial charge < -0.3 is 0 Å². The van der Waals surface area contributed by atoms with E-state index in [9.17, 15) is 0 Å². The van der Waals surface area contributed by atoms with Crippen molar-refractivity contribution >= 4 is 53.7 Å². The summed E-state index contributed by atoms with van der Waals surface area (Å²) in [6.07, 6.45) is 3.35. The highest BCUT2D eigenvalue weighted by molar-refractivity contribution is 9.10. The number of fused-ring (bicyclic) bond motifs is 2. The van der Waals surface area contributed by atoms with E-state index >= 15 is 0 Å². The SMILES string of the molecule is Brc1ncc2ccccc2n1.Brc1ncnc2ccccc12. The Labute approximate surface area is 143 Å². The lowest BCUT2D eigenvalue weighted by molar-refractivity contribution is 1.16. The van der Waals surface area contributed by atoms with Gasteiger partial charge in [0.05, 0.1) is 11.0 Å². The first-order valence-electron chi connectivity index (χ1n) is 6.46. The maximum atomic E-state index is 4.18. The molecule has 2 aromatic heterocycles. The number of nitrogens with zero attached hydrogens (tertiary/aromatic N) is 4. The third-order valence-corrected chi connectivity index (χ3v) is 3.97. The highest BCUT2D eigenvalue weighted by Gasteiger charge is 1.96. The van der Waals surface area contributed by atoms with Crippen LogP contribution in [0.25, 0.3) is 21.8 Å². The van der Waals surface area contributed by atoms with Crippen LogP contribution in [-0.2, 0) is 0 Å². The maximum Gasteiger partial charge on any atom is 0.197 e. The van der Waals surface area contributed by atoms with Crippen molar-refractivity contribution < 1.29 is 0 Å². The van der Waals surface area contributed by atoms with Crippen molar-refractivity contribution in [2.24, 2.45) is 0 Å². The number of aromatic nitrogens is 4. The molecule has 0 unspecified atom stereocenters. The van der Waals surface area contributed by atoms with Gasteiger partial charge in [-0.1, -0.05) is 36.4 Å². The zero-order valence-electron chi connectivity index (χ0n) is 11.3. The molecule has 108 valence electrons. The third kappa shape index (κ3) is 3.45. The molecular weight excluding hydrogens is 408 g/mol. The van der Waals surface area contributed by atoms with Crippen molar-refractivity contribution in [3.63, 3.8) is 0 Å². The lowest BCUT2D eigenvalue weighted by Crippen LogP contribution is -1.82. The summed E-state index contributed by atoms with van der Waals surface area (Å²) < 4.78 is 1.49. The van der Waals surface area contributed by atoms with Gasteiger partial charge in [0, 0.05) is 17.0 Å². The molecule has 0 radical (unpaired) electrons. The predicted molar refractivity (Wildman–Crippen MR) is 94.5 cm³/mol. The summed E-state index contributed by atoms with van der Waals surface area (Å²) in [5.74, 6) is 0. The van der Waals surface area contributed by atoms with Crippen molar-refractivity contribution in [3.05, 3.63) is 70.4 Å². The van der Waals surface area contributed by atoms with Gasteiger partial charge in [-0.15, -0.1) is 0 Å². The predicted octanol–water partition coefficient (Wildman–Crippen LogP) is 4.78. The first-order chi connectivity index (χ1) is 10.7. The molecule has 0 fully saturated rings. The van der Waals surface area contributed by atoms with Crippen molar-refractivity contribution in [2.45, 2.75) is 0 Å². The lowest BCUT2D eigenvalue weighted by Gasteiger charge is -1.95. The molecule has 6 heteroatoms. The Morgan fingerprint density at radius 3 is 2.27 bits per heavy atom. The Hall–Kier alpha value is -1.92. The zero-order chi connectivity index (χ0) is 15.4. The van der Waals surface area contributed by atoms with Gasteiger partial charge >= 0.3 is 0 Å². The quantitative estimate of drug-likeness (QED) is 0.305. The fraction of sp³-hybridized carbons (Fsp3) is 0. The molecule has 0 N–H and O–H groups in total. The average Bonchev–Trinajstić information content (AvgIpc) is 2.56. The molecule has 4 rings (SSSR count). The minimum atomic E-state index is 0.635. The molecule has 0 spiro atoms. The fourth-order valence-electron chi connectivity index (χ4n) is 1.92. The van der Waals surface area contributed by atoms with Crippen LogP contribution in [0.5, 0.6) is 0 Å². The molecule has 2 aromatic carbocycles. The summed E-state index contributed by atoms with van der Waals surface area (Å²) in [7, 11) is 0. The molecule has 0 bridgehead atoms. The van der Waals surface area contributed by atoms with Crippen molar-refractivity contribution in [2.75, 3.05) is 0 Å². The van der Waals surface area contributed by atoms with E-state index in [0.717, 1.165) is 26.4 Å². The van der Waals surface area contributed by atoms with Crippen molar-refractivity contribution in [1.82, 2.24) is 19.9 Å². The van der Waals surface area contributed by atoms with Crippen LogP contribution in [0.15, 0.2) is 70.4 Å². The Morgan fingerprint density at radius 1 is 0.727 bits per heavy atom. The van der Waals surface area contributed by atoms with Gasteiger partial charge in [-0.3, -0.25) is 0 Å². The number of para-hydroxylation sites is 2. The van der Waals surface area contributed by atoms with Gasteiger partial charge in [-0.25, -0.2) is 19.9 Å². The van der Waals surface area contributed by atoms with Crippen LogP contribution in [0.2, 0.25) is 0 Å².